The summed E-state index contributed by atoms with van der Waals surface area (Å²) in [5, 5.41) is 0. The number of benzene rings is 1. The maximum atomic E-state index is 11.0. The van der Waals surface area contributed by atoms with Crippen LogP contribution in [0.25, 0.3) is 0 Å². The average Bonchev–Trinajstić information content (AvgIpc) is 2.60. The minimum Gasteiger partial charge on any atom is -0.497 e. The van der Waals surface area contributed by atoms with Gasteiger partial charge in [-0.1, -0.05) is 12.1 Å². The molecule has 1 aliphatic heterocycles. The van der Waals surface area contributed by atoms with Gasteiger partial charge in [-0.3, -0.25) is 0 Å². The van der Waals surface area contributed by atoms with Gasteiger partial charge in [0.15, 0.2) is 5.60 Å². The molecule has 0 fully saturated rings. The van der Waals surface area contributed by atoms with E-state index in [4.69, 9.17) is 9.47 Å². The van der Waals surface area contributed by atoms with Crippen LogP contribution in [0.15, 0.2) is 36.4 Å². The van der Waals surface area contributed by atoms with E-state index >= 15 is 0 Å². The predicted octanol–water partition coefficient (Wildman–Crippen LogP) is 2.02. The summed E-state index contributed by atoms with van der Waals surface area (Å²) < 4.78 is 10.3. The van der Waals surface area contributed by atoms with E-state index < -0.39 is 5.60 Å². The molecule has 0 aromatic heterocycles. The summed E-state index contributed by atoms with van der Waals surface area (Å²) in [5.74, 6) is 0.490. The van der Waals surface area contributed by atoms with Gasteiger partial charge in [0.1, 0.15) is 5.75 Å². The molecule has 3 heteroatoms. The fourth-order valence-corrected chi connectivity index (χ4v) is 1.58. The summed E-state index contributed by atoms with van der Waals surface area (Å²) in [5.41, 5.74) is 0.300. The van der Waals surface area contributed by atoms with Gasteiger partial charge in [-0.25, -0.2) is 4.79 Å². The summed E-state index contributed by atoms with van der Waals surface area (Å²) in [6.07, 6.45) is 3.21. The molecule has 0 N–H and O–H groups in total. The van der Waals surface area contributed by atoms with Gasteiger partial charge in [0, 0.05) is 6.08 Å². The first kappa shape index (κ1) is 9.77. The molecule has 0 bridgehead atoms. The number of rotatable bonds is 2. The lowest BCUT2D eigenvalue weighted by molar-refractivity contribution is -0.145. The Morgan fingerprint density at radius 2 is 1.93 bits per heavy atom. The number of carbonyl (C=O) groups is 1. The second kappa shape index (κ2) is 3.42. The number of hydrogen-bond acceptors (Lipinski definition) is 3. The van der Waals surface area contributed by atoms with Crippen LogP contribution in [0.1, 0.15) is 12.5 Å². The molecule has 0 saturated carbocycles. The van der Waals surface area contributed by atoms with Gasteiger partial charge in [-0.2, -0.15) is 0 Å². The van der Waals surface area contributed by atoms with Crippen LogP contribution in [-0.2, 0) is 15.1 Å². The zero-order valence-electron chi connectivity index (χ0n) is 8.69. The maximum Gasteiger partial charge on any atom is 0.331 e. The van der Waals surface area contributed by atoms with Crippen molar-refractivity contribution in [1.29, 1.82) is 0 Å². The van der Waals surface area contributed by atoms with Gasteiger partial charge in [-0.15, -0.1) is 0 Å². The Labute approximate surface area is 88.3 Å². The number of esters is 1. The molecular formula is C12H12O3. The van der Waals surface area contributed by atoms with E-state index in [-0.39, 0.29) is 5.97 Å². The molecule has 1 aliphatic rings. The monoisotopic (exact) mass is 204 g/mol. The lowest BCUT2D eigenvalue weighted by Crippen LogP contribution is -2.20. The van der Waals surface area contributed by atoms with Gasteiger partial charge in [0.25, 0.3) is 0 Å². The predicted molar refractivity (Wildman–Crippen MR) is 55.6 cm³/mol. The number of ether oxygens (including phenoxy) is 2. The number of carbonyl (C=O) groups excluding carboxylic acids is 1. The molecule has 2 rings (SSSR count). The highest BCUT2D eigenvalue weighted by Gasteiger charge is 2.32. The summed E-state index contributed by atoms with van der Waals surface area (Å²) in [7, 11) is 1.62. The number of hydrogen-bond donors (Lipinski definition) is 0. The van der Waals surface area contributed by atoms with E-state index in [1.165, 1.54) is 6.08 Å². The Kier molecular flexibility index (Phi) is 2.23. The van der Waals surface area contributed by atoms with Crippen molar-refractivity contribution in [3.8, 4) is 5.75 Å². The normalized spacial score (nSPS) is 24.0. The van der Waals surface area contributed by atoms with Crippen LogP contribution in [0, 0.1) is 0 Å². The van der Waals surface area contributed by atoms with Crippen molar-refractivity contribution in [3.63, 3.8) is 0 Å². The fraction of sp³-hybridized carbons (Fsp3) is 0.250. The first-order chi connectivity index (χ1) is 7.14. The van der Waals surface area contributed by atoms with Crippen LogP contribution < -0.4 is 4.74 Å². The third-order valence-corrected chi connectivity index (χ3v) is 2.51. The Bertz CT molecular complexity index is 405. The number of cyclic esters (lactones) is 1. The highest BCUT2D eigenvalue weighted by molar-refractivity contribution is 5.85. The van der Waals surface area contributed by atoms with Crippen LogP contribution in [-0.4, -0.2) is 13.1 Å². The average molecular weight is 204 g/mol. The van der Waals surface area contributed by atoms with Crippen molar-refractivity contribution in [2.24, 2.45) is 0 Å². The SMILES string of the molecule is COc1ccc([C@@]2(C)C=CC(=O)O2)cc1. The van der Waals surface area contributed by atoms with Crippen LogP contribution in [0.4, 0.5) is 0 Å². The molecule has 3 nitrogen and oxygen atoms in total. The van der Waals surface area contributed by atoms with Crippen molar-refractivity contribution in [2.75, 3.05) is 7.11 Å². The minimum absolute atomic E-state index is 0.298. The first-order valence-corrected chi connectivity index (χ1v) is 4.71. The molecule has 1 heterocycles. The van der Waals surface area contributed by atoms with Crippen molar-refractivity contribution >= 4 is 5.97 Å². The van der Waals surface area contributed by atoms with Gasteiger partial charge in [-0.05, 0) is 30.7 Å². The van der Waals surface area contributed by atoms with E-state index in [0.717, 1.165) is 11.3 Å². The highest BCUT2D eigenvalue weighted by Crippen LogP contribution is 2.32. The molecule has 0 amide bonds. The van der Waals surface area contributed by atoms with Gasteiger partial charge in [0.2, 0.25) is 0 Å². The third kappa shape index (κ3) is 1.73. The lowest BCUT2D eigenvalue weighted by Gasteiger charge is -2.21. The van der Waals surface area contributed by atoms with Gasteiger partial charge < -0.3 is 9.47 Å². The molecule has 1 atom stereocenters. The Morgan fingerprint density at radius 3 is 2.40 bits per heavy atom. The van der Waals surface area contributed by atoms with Crippen molar-refractivity contribution in [1.82, 2.24) is 0 Å². The highest BCUT2D eigenvalue weighted by atomic mass is 16.6. The lowest BCUT2D eigenvalue weighted by atomic mass is 9.96. The Hall–Kier alpha value is -1.77. The zero-order chi connectivity index (χ0) is 10.9. The summed E-state index contributed by atoms with van der Waals surface area (Å²) in [6, 6.07) is 7.48. The largest absolute Gasteiger partial charge is 0.497 e. The van der Waals surface area contributed by atoms with E-state index in [0.29, 0.717) is 0 Å². The van der Waals surface area contributed by atoms with Crippen LogP contribution in [0.2, 0.25) is 0 Å². The molecule has 0 aliphatic carbocycles. The molecule has 78 valence electrons. The molecule has 1 aromatic rings. The standard InChI is InChI=1S/C12H12O3/c1-12(8-7-11(13)15-12)9-3-5-10(14-2)6-4-9/h3-8H,1-2H3/t12-/m1/s1. The van der Waals surface area contributed by atoms with Crippen molar-refractivity contribution in [3.05, 3.63) is 42.0 Å². The topological polar surface area (TPSA) is 35.5 Å². The first-order valence-electron chi connectivity index (χ1n) is 4.71. The third-order valence-electron chi connectivity index (χ3n) is 2.51. The van der Waals surface area contributed by atoms with Gasteiger partial charge >= 0.3 is 5.97 Å². The van der Waals surface area contributed by atoms with E-state index in [1.54, 1.807) is 13.2 Å². The quantitative estimate of drug-likeness (QED) is 0.691. The zero-order valence-corrected chi connectivity index (χ0v) is 8.69. The Morgan fingerprint density at radius 1 is 1.27 bits per heavy atom. The second-order valence-electron chi connectivity index (χ2n) is 3.59. The van der Waals surface area contributed by atoms with E-state index in [9.17, 15) is 4.79 Å². The second-order valence-corrected chi connectivity index (χ2v) is 3.59. The molecule has 0 unspecified atom stereocenters. The van der Waals surface area contributed by atoms with E-state index in [2.05, 4.69) is 0 Å². The smallest absolute Gasteiger partial charge is 0.331 e. The van der Waals surface area contributed by atoms with Crippen molar-refractivity contribution in [2.45, 2.75) is 12.5 Å². The molecular weight excluding hydrogens is 192 g/mol. The minimum atomic E-state index is -0.636. The molecule has 0 radical (unpaired) electrons. The maximum absolute atomic E-state index is 11.0. The molecule has 0 spiro atoms. The fourth-order valence-electron chi connectivity index (χ4n) is 1.58. The number of methoxy groups -OCH3 is 1. The van der Waals surface area contributed by atoms with Crippen LogP contribution >= 0.6 is 0 Å². The summed E-state index contributed by atoms with van der Waals surface area (Å²) in [4.78, 5) is 11.0. The summed E-state index contributed by atoms with van der Waals surface area (Å²) in [6.45, 7) is 1.86. The molecule has 1 aromatic carbocycles. The van der Waals surface area contributed by atoms with E-state index in [1.807, 2.05) is 31.2 Å². The summed E-state index contributed by atoms with van der Waals surface area (Å²) >= 11 is 0. The Balaban J connectivity index is 2.30. The molecule has 15 heavy (non-hydrogen) atoms. The van der Waals surface area contributed by atoms with Gasteiger partial charge in [0.05, 0.1) is 7.11 Å². The van der Waals surface area contributed by atoms with Crippen LogP contribution in [0.5, 0.6) is 5.75 Å². The van der Waals surface area contributed by atoms with Crippen LogP contribution in [0.3, 0.4) is 0 Å². The molecule has 0 saturated heterocycles. The van der Waals surface area contributed by atoms with Crippen molar-refractivity contribution < 1.29 is 14.3 Å².